The van der Waals surface area contributed by atoms with Crippen LogP contribution in [0.1, 0.15) is 29.8 Å². The van der Waals surface area contributed by atoms with Gasteiger partial charge in [0.05, 0.1) is 12.1 Å². The van der Waals surface area contributed by atoms with E-state index >= 15 is 0 Å². The molecular weight excluding hydrogens is 242 g/mol. The lowest BCUT2D eigenvalue weighted by molar-refractivity contribution is -0.121. The van der Waals surface area contributed by atoms with E-state index in [2.05, 4.69) is 5.32 Å². The Kier molecular flexibility index (Phi) is 5.36. The minimum Gasteiger partial charge on any atom is -0.398 e. The molecule has 2 amide bonds. The number of nitrogen functional groups attached to an aromatic ring is 1. The van der Waals surface area contributed by atoms with E-state index < -0.39 is 0 Å². The number of carbonyl (C=O) groups excluding carboxylic acids is 2. The SMILES string of the molecule is CCNC(=O)CN(CC)C(=O)c1c(C)cccc1N. The van der Waals surface area contributed by atoms with Crippen LogP contribution < -0.4 is 11.1 Å². The molecule has 0 aliphatic carbocycles. The quantitative estimate of drug-likeness (QED) is 0.783. The first-order chi connectivity index (χ1) is 9.01. The Morgan fingerprint density at radius 2 is 2.00 bits per heavy atom. The van der Waals surface area contributed by atoms with Crippen LogP contribution in [0.25, 0.3) is 0 Å². The van der Waals surface area contributed by atoms with Gasteiger partial charge in [-0.15, -0.1) is 0 Å². The zero-order valence-electron chi connectivity index (χ0n) is 11.7. The fraction of sp³-hybridized carbons (Fsp3) is 0.429. The Labute approximate surface area is 113 Å². The monoisotopic (exact) mass is 263 g/mol. The summed E-state index contributed by atoms with van der Waals surface area (Å²) in [4.78, 5) is 25.5. The van der Waals surface area contributed by atoms with E-state index in [-0.39, 0.29) is 18.4 Å². The van der Waals surface area contributed by atoms with Crippen molar-refractivity contribution in [2.75, 3.05) is 25.4 Å². The van der Waals surface area contributed by atoms with Gasteiger partial charge in [-0.3, -0.25) is 9.59 Å². The maximum absolute atomic E-state index is 12.4. The van der Waals surface area contributed by atoms with E-state index in [9.17, 15) is 9.59 Å². The zero-order chi connectivity index (χ0) is 14.4. The first-order valence-corrected chi connectivity index (χ1v) is 6.42. The van der Waals surface area contributed by atoms with Gasteiger partial charge in [0, 0.05) is 18.8 Å². The molecule has 0 aliphatic rings. The maximum atomic E-state index is 12.4. The Morgan fingerprint density at radius 1 is 1.32 bits per heavy atom. The van der Waals surface area contributed by atoms with Crippen molar-refractivity contribution in [1.29, 1.82) is 0 Å². The van der Waals surface area contributed by atoms with Crippen molar-refractivity contribution in [2.24, 2.45) is 0 Å². The van der Waals surface area contributed by atoms with Crippen LogP contribution in [0.4, 0.5) is 5.69 Å². The molecule has 1 rings (SSSR count). The molecule has 19 heavy (non-hydrogen) atoms. The lowest BCUT2D eigenvalue weighted by atomic mass is 10.1. The summed E-state index contributed by atoms with van der Waals surface area (Å²) in [7, 11) is 0. The van der Waals surface area contributed by atoms with Gasteiger partial charge in [0.1, 0.15) is 0 Å². The highest BCUT2D eigenvalue weighted by molar-refractivity contribution is 6.01. The average molecular weight is 263 g/mol. The molecule has 5 heteroatoms. The van der Waals surface area contributed by atoms with Crippen LogP contribution in [-0.4, -0.2) is 36.3 Å². The minimum absolute atomic E-state index is 0.0525. The van der Waals surface area contributed by atoms with E-state index in [4.69, 9.17) is 5.73 Å². The standard InChI is InChI=1S/C14H21N3O2/c1-4-16-12(18)9-17(5-2)14(19)13-10(3)7-6-8-11(13)15/h6-8H,4-5,9,15H2,1-3H3,(H,16,18). The third kappa shape index (κ3) is 3.71. The predicted octanol–water partition coefficient (Wildman–Crippen LogP) is 1.18. The van der Waals surface area contributed by atoms with Gasteiger partial charge in [-0.2, -0.15) is 0 Å². The molecular formula is C14H21N3O2. The minimum atomic E-state index is -0.204. The maximum Gasteiger partial charge on any atom is 0.256 e. The fourth-order valence-corrected chi connectivity index (χ4v) is 1.89. The van der Waals surface area contributed by atoms with Crippen LogP contribution in [0, 0.1) is 6.92 Å². The molecule has 0 spiro atoms. The fourth-order valence-electron chi connectivity index (χ4n) is 1.89. The molecule has 1 aromatic rings. The van der Waals surface area contributed by atoms with Gasteiger partial charge in [-0.25, -0.2) is 0 Å². The van der Waals surface area contributed by atoms with Crippen LogP contribution in [0.5, 0.6) is 0 Å². The number of carbonyl (C=O) groups is 2. The molecule has 0 fully saturated rings. The predicted molar refractivity (Wildman–Crippen MR) is 75.9 cm³/mol. The highest BCUT2D eigenvalue weighted by atomic mass is 16.2. The topological polar surface area (TPSA) is 75.4 Å². The second-order valence-corrected chi connectivity index (χ2v) is 4.31. The normalized spacial score (nSPS) is 10.1. The number of likely N-dealkylation sites (N-methyl/N-ethyl adjacent to an activating group) is 2. The van der Waals surface area contributed by atoms with Crippen molar-refractivity contribution in [3.63, 3.8) is 0 Å². The number of nitrogens with one attached hydrogen (secondary N) is 1. The first kappa shape index (κ1) is 15.0. The third-order valence-corrected chi connectivity index (χ3v) is 2.90. The van der Waals surface area contributed by atoms with Crippen LogP contribution in [0.15, 0.2) is 18.2 Å². The van der Waals surface area contributed by atoms with Crippen molar-refractivity contribution < 1.29 is 9.59 Å². The molecule has 0 aromatic heterocycles. The molecule has 5 nitrogen and oxygen atoms in total. The van der Waals surface area contributed by atoms with Gasteiger partial charge in [-0.1, -0.05) is 12.1 Å². The summed E-state index contributed by atoms with van der Waals surface area (Å²) in [5.41, 5.74) is 7.60. The molecule has 104 valence electrons. The molecule has 0 radical (unpaired) electrons. The summed E-state index contributed by atoms with van der Waals surface area (Å²) in [6.45, 7) is 6.59. The number of nitrogens with zero attached hydrogens (tertiary/aromatic N) is 1. The van der Waals surface area contributed by atoms with Crippen LogP contribution in [0.2, 0.25) is 0 Å². The number of anilines is 1. The molecule has 0 bridgehead atoms. The van der Waals surface area contributed by atoms with Crippen LogP contribution in [-0.2, 0) is 4.79 Å². The van der Waals surface area contributed by atoms with Gasteiger partial charge in [-0.05, 0) is 32.4 Å². The summed E-state index contributed by atoms with van der Waals surface area (Å²) in [5, 5.41) is 2.68. The van der Waals surface area contributed by atoms with Crippen molar-refractivity contribution >= 4 is 17.5 Å². The molecule has 1 aromatic carbocycles. The van der Waals surface area contributed by atoms with Crippen molar-refractivity contribution in [3.8, 4) is 0 Å². The number of rotatable bonds is 5. The number of hydrogen-bond donors (Lipinski definition) is 2. The third-order valence-electron chi connectivity index (χ3n) is 2.90. The Hall–Kier alpha value is -2.04. The van der Waals surface area contributed by atoms with Gasteiger partial charge in [0.15, 0.2) is 0 Å². The number of nitrogens with two attached hydrogens (primary N) is 1. The van der Waals surface area contributed by atoms with E-state index in [1.165, 1.54) is 4.90 Å². The van der Waals surface area contributed by atoms with Crippen molar-refractivity contribution in [3.05, 3.63) is 29.3 Å². The smallest absolute Gasteiger partial charge is 0.256 e. The second kappa shape index (κ2) is 6.78. The summed E-state index contributed by atoms with van der Waals surface area (Å²) in [5.74, 6) is -0.366. The molecule has 0 atom stereocenters. The van der Waals surface area contributed by atoms with Crippen molar-refractivity contribution in [1.82, 2.24) is 10.2 Å². The molecule has 0 aliphatic heterocycles. The molecule has 0 heterocycles. The second-order valence-electron chi connectivity index (χ2n) is 4.31. The molecule has 0 saturated heterocycles. The lowest BCUT2D eigenvalue weighted by Crippen LogP contribution is -2.41. The number of aryl methyl sites for hydroxylation is 1. The van der Waals surface area contributed by atoms with E-state index in [1.54, 1.807) is 6.07 Å². The first-order valence-electron chi connectivity index (χ1n) is 6.42. The van der Waals surface area contributed by atoms with Gasteiger partial charge >= 0.3 is 0 Å². The van der Waals surface area contributed by atoms with Gasteiger partial charge in [0.25, 0.3) is 5.91 Å². The summed E-state index contributed by atoms with van der Waals surface area (Å²) >= 11 is 0. The van der Waals surface area contributed by atoms with Gasteiger partial charge < -0.3 is 16.0 Å². The largest absolute Gasteiger partial charge is 0.398 e. The Bertz CT molecular complexity index is 452. The average Bonchev–Trinajstić information content (AvgIpc) is 2.35. The Balaban J connectivity index is 2.93. The highest BCUT2D eigenvalue weighted by Crippen LogP contribution is 2.18. The lowest BCUT2D eigenvalue weighted by Gasteiger charge is -2.22. The molecule has 0 unspecified atom stereocenters. The van der Waals surface area contributed by atoms with Crippen LogP contribution >= 0.6 is 0 Å². The molecule has 0 saturated carbocycles. The number of hydrogen-bond acceptors (Lipinski definition) is 3. The molecule has 3 N–H and O–H groups in total. The number of benzene rings is 1. The van der Waals surface area contributed by atoms with E-state index in [0.717, 1.165) is 5.56 Å². The van der Waals surface area contributed by atoms with Gasteiger partial charge in [0.2, 0.25) is 5.91 Å². The van der Waals surface area contributed by atoms with Crippen molar-refractivity contribution in [2.45, 2.75) is 20.8 Å². The summed E-state index contributed by atoms with van der Waals surface area (Å²) in [6, 6.07) is 5.34. The number of amides is 2. The summed E-state index contributed by atoms with van der Waals surface area (Å²) in [6.07, 6.45) is 0. The van der Waals surface area contributed by atoms with Crippen LogP contribution in [0.3, 0.4) is 0 Å². The summed E-state index contributed by atoms with van der Waals surface area (Å²) < 4.78 is 0. The zero-order valence-corrected chi connectivity index (χ0v) is 11.7. The Morgan fingerprint density at radius 3 is 2.53 bits per heavy atom. The van der Waals surface area contributed by atoms with E-state index in [1.807, 2.05) is 32.9 Å². The highest BCUT2D eigenvalue weighted by Gasteiger charge is 2.20. The van der Waals surface area contributed by atoms with E-state index in [0.29, 0.717) is 24.3 Å².